The molecule has 23 heavy (non-hydrogen) atoms. The molecule has 4 nitrogen and oxygen atoms in total. The summed E-state index contributed by atoms with van der Waals surface area (Å²) >= 11 is 5.86. The average Bonchev–Trinajstić information content (AvgIpc) is 2.55. The van der Waals surface area contributed by atoms with Crippen molar-refractivity contribution in [1.29, 1.82) is 0 Å². The van der Waals surface area contributed by atoms with Crippen LogP contribution in [0, 0.1) is 11.8 Å². The van der Waals surface area contributed by atoms with Crippen molar-refractivity contribution < 1.29 is 14.6 Å². The van der Waals surface area contributed by atoms with Crippen LogP contribution < -0.4 is 9.64 Å². The molecule has 118 valence electrons. The Kier molecular flexibility index (Phi) is 5.90. The molecule has 0 aromatic heterocycles. The first-order valence-electron chi connectivity index (χ1n) is 6.95. The van der Waals surface area contributed by atoms with Gasteiger partial charge in [-0.05, 0) is 30.3 Å². The Balaban J connectivity index is 1.91. The van der Waals surface area contributed by atoms with Gasteiger partial charge in [-0.1, -0.05) is 41.6 Å². The third kappa shape index (κ3) is 4.94. The first kappa shape index (κ1) is 16.7. The molecule has 0 spiro atoms. The van der Waals surface area contributed by atoms with E-state index in [1.807, 2.05) is 42.3 Å². The number of hydrogen-bond donors (Lipinski definition) is 1. The summed E-state index contributed by atoms with van der Waals surface area (Å²) in [6.07, 6.45) is 0. The number of hydrogen-bond acceptors (Lipinski definition) is 3. The number of benzene rings is 2. The topological polar surface area (TPSA) is 49.8 Å². The molecule has 0 aliphatic rings. The number of anilines is 1. The van der Waals surface area contributed by atoms with Crippen LogP contribution in [0.3, 0.4) is 0 Å². The number of carboxylic acid groups (broad SMARTS) is 1. The summed E-state index contributed by atoms with van der Waals surface area (Å²) in [5, 5.41) is 9.51. The molecule has 5 heteroatoms. The standard InChI is InChI=1S/C18H16ClNO3/c1-20(15-7-3-2-4-8-15)11-5-6-12-23-17-13-14(19)9-10-16(17)18(21)22/h2-4,7-10,13H,11-12H2,1H3,(H,21,22). The lowest BCUT2D eigenvalue weighted by Gasteiger charge is -2.15. The smallest absolute Gasteiger partial charge is 0.339 e. The number of para-hydroxylation sites is 1. The van der Waals surface area contributed by atoms with E-state index in [4.69, 9.17) is 21.4 Å². The van der Waals surface area contributed by atoms with Crippen molar-refractivity contribution in [2.75, 3.05) is 25.1 Å². The van der Waals surface area contributed by atoms with E-state index in [0.717, 1.165) is 5.69 Å². The number of carboxylic acids is 1. The number of aromatic carboxylic acids is 1. The molecular weight excluding hydrogens is 314 g/mol. The molecule has 0 fully saturated rings. The first-order valence-corrected chi connectivity index (χ1v) is 7.33. The van der Waals surface area contributed by atoms with Crippen LogP contribution in [-0.2, 0) is 0 Å². The molecule has 0 saturated heterocycles. The normalized spacial score (nSPS) is 9.65. The fourth-order valence-corrected chi connectivity index (χ4v) is 2.07. The van der Waals surface area contributed by atoms with Crippen LogP contribution in [0.5, 0.6) is 5.75 Å². The van der Waals surface area contributed by atoms with Gasteiger partial charge in [-0.15, -0.1) is 0 Å². The SMILES string of the molecule is CN(CC#CCOc1cc(Cl)ccc1C(=O)O)c1ccccc1. The summed E-state index contributed by atoms with van der Waals surface area (Å²) in [5.41, 5.74) is 1.14. The van der Waals surface area contributed by atoms with Gasteiger partial charge in [0.15, 0.2) is 0 Å². The predicted molar refractivity (Wildman–Crippen MR) is 91.4 cm³/mol. The van der Waals surface area contributed by atoms with Gasteiger partial charge in [0, 0.05) is 17.8 Å². The van der Waals surface area contributed by atoms with Crippen LogP contribution in [0.4, 0.5) is 5.69 Å². The van der Waals surface area contributed by atoms with Crippen molar-refractivity contribution in [2.24, 2.45) is 0 Å². The summed E-state index contributed by atoms with van der Waals surface area (Å²) < 4.78 is 5.41. The van der Waals surface area contributed by atoms with Gasteiger partial charge in [0.05, 0.1) is 6.54 Å². The van der Waals surface area contributed by atoms with Gasteiger partial charge in [-0.2, -0.15) is 0 Å². The molecular formula is C18H16ClNO3. The zero-order chi connectivity index (χ0) is 16.7. The van der Waals surface area contributed by atoms with E-state index >= 15 is 0 Å². The van der Waals surface area contributed by atoms with Crippen LogP contribution in [0.15, 0.2) is 48.5 Å². The molecule has 0 aliphatic carbocycles. The fourth-order valence-electron chi connectivity index (χ4n) is 1.91. The summed E-state index contributed by atoms with van der Waals surface area (Å²) in [7, 11) is 1.95. The van der Waals surface area contributed by atoms with Crippen LogP contribution in [0.2, 0.25) is 5.02 Å². The summed E-state index contributed by atoms with van der Waals surface area (Å²) in [6, 6.07) is 14.3. The van der Waals surface area contributed by atoms with Crippen molar-refractivity contribution in [3.63, 3.8) is 0 Å². The number of ether oxygens (including phenoxy) is 1. The lowest BCUT2D eigenvalue weighted by Crippen LogP contribution is -2.17. The van der Waals surface area contributed by atoms with E-state index in [1.165, 1.54) is 18.2 Å². The molecule has 0 amide bonds. The molecule has 2 rings (SSSR count). The lowest BCUT2D eigenvalue weighted by atomic mass is 10.2. The zero-order valence-corrected chi connectivity index (χ0v) is 13.4. The molecule has 0 atom stereocenters. The van der Waals surface area contributed by atoms with E-state index in [2.05, 4.69) is 11.8 Å². The maximum absolute atomic E-state index is 11.1. The van der Waals surface area contributed by atoms with Gasteiger partial charge in [0.25, 0.3) is 0 Å². The highest BCUT2D eigenvalue weighted by Crippen LogP contribution is 2.23. The van der Waals surface area contributed by atoms with Gasteiger partial charge in [-0.3, -0.25) is 0 Å². The minimum atomic E-state index is -1.06. The Bertz CT molecular complexity index is 735. The molecule has 0 radical (unpaired) electrons. The van der Waals surface area contributed by atoms with Crippen molar-refractivity contribution in [2.45, 2.75) is 0 Å². The molecule has 0 unspecified atom stereocenters. The Hall–Kier alpha value is -2.64. The van der Waals surface area contributed by atoms with Gasteiger partial charge in [-0.25, -0.2) is 4.79 Å². The van der Waals surface area contributed by atoms with Crippen LogP contribution >= 0.6 is 11.6 Å². The van der Waals surface area contributed by atoms with Crippen molar-refractivity contribution in [1.82, 2.24) is 0 Å². The maximum atomic E-state index is 11.1. The average molecular weight is 330 g/mol. The van der Waals surface area contributed by atoms with Crippen molar-refractivity contribution in [3.05, 3.63) is 59.1 Å². The number of carbonyl (C=O) groups is 1. The first-order chi connectivity index (χ1) is 11.1. The lowest BCUT2D eigenvalue weighted by molar-refractivity contribution is 0.0693. The van der Waals surface area contributed by atoms with Crippen LogP contribution in [0.25, 0.3) is 0 Å². The molecule has 1 N–H and O–H groups in total. The van der Waals surface area contributed by atoms with E-state index in [9.17, 15) is 4.79 Å². The Morgan fingerprint density at radius 1 is 1.22 bits per heavy atom. The third-order valence-electron chi connectivity index (χ3n) is 3.11. The summed E-state index contributed by atoms with van der Waals surface area (Å²) in [4.78, 5) is 13.1. The molecule has 2 aromatic rings. The second kappa shape index (κ2) is 8.11. The fraction of sp³-hybridized carbons (Fsp3) is 0.167. The van der Waals surface area contributed by atoms with E-state index < -0.39 is 5.97 Å². The maximum Gasteiger partial charge on any atom is 0.339 e. The Morgan fingerprint density at radius 2 is 1.96 bits per heavy atom. The van der Waals surface area contributed by atoms with E-state index in [0.29, 0.717) is 11.6 Å². The molecule has 0 heterocycles. The Labute approximate surface area is 140 Å². The summed E-state index contributed by atoms with van der Waals surface area (Å²) in [6.45, 7) is 0.651. The monoisotopic (exact) mass is 329 g/mol. The van der Waals surface area contributed by atoms with Crippen LogP contribution in [0.1, 0.15) is 10.4 Å². The van der Waals surface area contributed by atoms with Gasteiger partial charge >= 0.3 is 5.97 Å². The molecule has 2 aromatic carbocycles. The number of rotatable bonds is 5. The van der Waals surface area contributed by atoms with Crippen molar-refractivity contribution in [3.8, 4) is 17.6 Å². The Morgan fingerprint density at radius 3 is 2.65 bits per heavy atom. The predicted octanol–water partition coefficient (Wildman–Crippen LogP) is 3.56. The zero-order valence-electron chi connectivity index (χ0n) is 12.6. The third-order valence-corrected chi connectivity index (χ3v) is 3.35. The highest BCUT2D eigenvalue weighted by Gasteiger charge is 2.11. The minimum Gasteiger partial charge on any atom is -0.480 e. The number of nitrogens with zero attached hydrogens (tertiary/aromatic N) is 1. The summed E-state index contributed by atoms with van der Waals surface area (Å²) in [5.74, 6) is 5.01. The largest absolute Gasteiger partial charge is 0.480 e. The molecule has 0 saturated carbocycles. The van der Waals surface area contributed by atoms with Gasteiger partial charge in [0.1, 0.15) is 17.9 Å². The second-order valence-corrected chi connectivity index (χ2v) is 5.22. The van der Waals surface area contributed by atoms with E-state index in [1.54, 1.807) is 0 Å². The van der Waals surface area contributed by atoms with Crippen LogP contribution in [-0.4, -0.2) is 31.3 Å². The number of halogens is 1. The highest BCUT2D eigenvalue weighted by molar-refractivity contribution is 6.30. The van der Waals surface area contributed by atoms with Gasteiger partial charge in [0.2, 0.25) is 0 Å². The van der Waals surface area contributed by atoms with Gasteiger partial charge < -0.3 is 14.7 Å². The quantitative estimate of drug-likeness (QED) is 0.852. The molecule has 0 aliphatic heterocycles. The highest BCUT2D eigenvalue weighted by atomic mass is 35.5. The van der Waals surface area contributed by atoms with E-state index in [-0.39, 0.29) is 17.9 Å². The second-order valence-electron chi connectivity index (χ2n) is 4.78. The minimum absolute atomic E-state index is 0.0672. The molecule has 0 bridgehead atoms. The van der Waals surface area contributed by atoms with Crippen molar-refractivity contribution >= 4 is 23.3 Å².